The van der Waals surface area contributed by atoms with Crippen LogP contribution >= 0.6 is 0 Å². The van der Waals surface area contributed by atoms with Crippen LogP contribution in [0.25, 0.3) is 0 Å². The molecule has 1 aliphatic heterocycles. The highest BCUT2D eigenvalue weighted by Crippen LogP contribution is 2.29. The number of para-hydroxylation sites is 1. The predicted molar refractivity (Wildman–Crippen MR) is 98.7 cm³/mol. The zero-order chi connectivity index (χ0) is 19.2. The molecule has 2 aromatic carbocycles. The van der Waals surface area contributed by atoms with Crippen molar-refractivity contribution < 1.29 is 23.0 Å². The van der Waals surface area contributed by atoms with E-state index >= 15 is 0 Å². The fourth-order valence-corrected chi connectivity index (χ4v) is 3.21. The van der Waals surface area contributed by atoms with E-state index in [-0.39, 0.29) is 17.4 Å². The quantitative estimate of drug-likeness (QED) is 0.803. The van der Waals surface area contributed by atoms with E-state index < -0.39 is 6.61 Å². The van der Waals surface area contributed by atoms with Crippen molar-refractivity contribution in [3.63, 3.8) is 0 Å². The summed E-state index contributed by atoms with van der Waals surface area (Å²) in [5.74, 6) is 0.0879. The largest absolute Gasteiger partial charge is 0.493 e. The fourth-order valence-electron chi connectivity index (χ4n) is 3.21. The summed E-state index contributed by atoms with van der Waals surface area (Å²) >= 11 is 0. The molecule has 3 rings (SSSR count). The van der Waals surface area contributed by atoms with Crippen LogP contribution in [0, 0.1) is 5.92 Å². The van der Waals surface area contributed by atoms with E-state index in [9.17, 15) is 13.6 Å². The van der Waals surface area contributed by atoms with Crippen LogP contribution in [0.3, 0.4) is 0 Å². The molecule has 0 bridgehead atoms. The Bertz CT molecular complexity index is 771. The highest BCUT2D eigenvalue weighted by molar-refractivity contribution is 5.94. The van der Waals surface area contributed by atoms with Gasteiger partial charge in [0.05, 0.1) is 7.11 Å². The van der Waals surface area contributed by atoms with E-state index in [1.165, 1.54) is 31.0 Å². The van der Waals surface area contributed by atoms with Crippen LogP contribution < -0.4 is 19.7 Å². The minimum absolute atomic E-state index is 0.0964. The summed E-state index contributed by atoms with van der Waals surface area (Å²) in [5, 5.41) is 2.91. The smallest absolute Gasteiger partial charge is 0.387 e. The highest BCUT2D eigenvalue weighted by Gasteiger charge is 2.23. The van der Waals surface area contributed by atoms with Crippen molar-refractivity contribution in [2.45, 2.75) is 13.0 Å². The van der Waals surface area contributed by atoms with Gasteiger partial charge in [-0.1, -0.05) is 18.2 Å². The molecule has 1 amide bonds. The van der Waals surface area contributed by atoms with Gasteiger partial charge >= 0.3 is 6.61 Å². The Morgan fingerprint density at radius 3 is 2.70 bits per heavy atom. The number of methoxy groups -OCH3 is 1. The van der Waals surface area contributed by atoms with Crippen LogP contribution in [-0.4, -0.2) is 39.3 Å². The molecule has 1 N–H and O–H groups in total. The molecule has 1 saturated heterocycles. The summed E-state index contributed by atoms with van der Waals surface area (Å²) in [4.78, 5) is 14.7. The summed E-state index contributed by atoms with van der Waals surface area (Å²) in [6.07, 6.45) is 1.000. The van der Waals surface area contributed by atoms with E-state index in [1.807, 2.05) is 18.2 Å². The maximum absolute atomic E-state index is 12.4. The van der Waals surface area contributed by atoms with Crippen molar-refractivity contribution in [3.8, 4) is 11.5 Å². The Morgan fingerprint density at radius 2 is 2.00 bits per heavy atom. The van der Waals surface area contributed by atoms with Gasteiger partial charge in [0, 0.05) is 30.9 Å². The molecule has 0 saturated carbocycles. The number of benzene rings is 2. The molecule has 0 radical (unpaired) electrons. The lowest BCUT2D eigenvalue weighted by Crippen LogP contribution is -2.31. The van der Waals surface area contributed by atoms with Gasteiger partial charge in [0.25, 0.3) is 5.91 Å². The lowest BCUT2D eigenvalue weighted by Gasteiger charge is -2.18. The van der Waals surface area contributed by atoms with Crippen molar-refractivity contribution in [1.82, 2.24) is 5.32 Å². The summed E-state index contributed by atoms with van der Waals surface area (Å²) in [6, 6.07) is 14.3. The molecule has 0 aliphatic carbocycles. The molecule has 2 aromatic rings. The Morgan fingerprint density at radius 1 is 1.22 bits per heavy atom. The monoisotopic (exact) mass is 376 g/mol. The Labute approximate surface area is 156 Å². The summed E-state index contributed by atoms with van der Waals surface area (Å²) in [7, 11) is 1.34. The van der Waals surface area contributed by atoms with Crippen molar-refractivity contribution in [2.75, 3.05) is 31.6 Å². The molecule has 1 atom stereocenters. The number of nitrogens with zero attached hydrogens (tertiary/aromatic N) is 1. The van der Waals surface area contributed by atoms with Gasteiger partial charge in [-0.3, -0.25) is 4.79 Å². The highest BCUT2D eigenvalue weighted by atomic mass is 19.3. The lowest BCUT2D eigenvalue weighted by atomic mass is 10.1. The molecule has 27 heavy (non-hydrogen) atoms. The van der Waals surface area contributed by atoms with Crippen LogP contribution in [0.5, 0.6) is 11.5 Å². The van der Waals surface area contributed by atoms with Gasteiger partial charge in [0.2, 0.25) is 0 Å². The molecule has 5 nitrogen and oxygen atoms in total. The second-order valence-electron chi connectivity index (χ2n) is 6.39. The van der Waals surface area contributed by atoms with E-state index in [4.69, 9.17) is 4.74 Å². The molecule has 0 aromatic heterocycles. The first-order chi connectivity index (χ1) is 13.1. The molecule has 1 heterocycles. The minimum atomic E-state index is -2.95. The number of ether oxygens (including phenoxy) is 2. The first-order valence-electron chi connectivity index (χ1n) is 8.78. The number of amides is 1. The van der Waals surface area contributed by atoms with E-state index in [0.717, 1.165) is 19.5 Å². The van der Waals surface area contributed by atoms with E-state index in [0.29, 0.717) is 18.0 Å². The van der Waals surface area contributed by atoms with Gasteiger partial charge in [-0.05, 0) is 42.7 Å². The van der Waals surface area contributed by atoms with Gasteiger partial charge in [-0.15, -0.1) is 0 Å². The average Bonchev–Trinajstić information content (AvgIpc) is 3.16. The number of nitrogens with one attached hydrogen (secondary N) is 1. The Kier molecular flexibility index (Phi) is 6.11. The zero-order valence-corrected chi connectivity index (χ0v) is 15.0. The van der Waals surface area contributed by atoms with Crippen LogP contribution in [0.1, 0.15) is 16.8 Å². The van der Waals surface area contributed by atoms with Crippen molar-refractivity contribution in [1.29, 1.82) is 0 Å². The van der Waals surface area contributed by atoms with Crippen molar-refractivity contribution in [2.24, 2.45) is 5.92 Å². The fraction of sp³-hybridized carbons (Fsp3) is 0.350. The topological polar surface area (TPSA) is 50.8 Å². The summed E-state index contributed by atoms with van der Waals surface area (Å²) < 4.78 is 34.2. The first kappa shape index (κ1) is 18.9. The first-order valence-corrected chi connectivity index (χ1v) is 8.78. The summed E-state index contributed by atoms with van der Waals surface area (Å²) in [5.41, 5.74) is 1.53. The van der Waals surface area contributed by atoms with Crippen LogP contribution in [0.2, 0.25) is 0 Å². The predicted octanol–water partition coefficient (Wildman–Crippen LogP) is 3.55. The number of carbonyl (C=O) groups is 1. The third-order valence-corrected chi connectivity index (χ3v) is 4.60. The molecule has 1 unspecified atom stereocenters. The maximum Gasteiger partial charge on any atom is 0.387 e. The number of rotatable bonds is 7. The molecule has 144 valence electrons. The van der Waals surface area contributed by atoms with Gasteiger partial charge < -0.3 is 19.7 Å². The minimum Gasteiger partial charge on any atom is -0.493 e. The number of hydrogen-bond donors (Lipinski definition) is 1. The zero-order valence-electron chi connectivity index (χ0n) is 15.0. The third kappa shape index (κ3) is 4.87. The molecule has 1 fully saturated rings. The second kappa shape index (κ2) is 8.70. The normalized spacial score (nSPS) is 16.4. The van der Waals surface area contributed by atoms with E-state index in [2.05, 4.69) is 27.1 Å². The van der Waals surface area contributed by atoms with Crippen molar-refractivity contribution >= 4 is 11.6 Å². The Balaban J connectivity index is 1.55. The number of halogens is 2. The average molecular weight is 376 g/mol. The Hall–Kier alpha value is -2.83. The number of anilines is 1. The third-order valence-electron chi connectivity index (χ3n) is 4.60. The van der Waals surface area contributed by atoms with Crippen LogP contribution in [0.15, 0.2) is 48.5 Å². The number of carbonyl (C=O) groups excluding carboxylic acids is 1. The molecule has 0 spiro atoms. The van der Waals surface area contributed by atoms with Crippen LogP contribution in [-0.2, 0) is 0 Å². The van der Waals surface area contributed by atoms with E-state index in [1.54, 1.807) is 0 Å². The van der Waals surface area contributed by atoms with Gasteiger partial charge in [-0.2, -0.15) is 8.78 Å². The molecule has 1 aliphatic rings. The standard InChI is InChI=1S/C20H22F2N2O3/c1-26-18-11-15(7-8-17(18)27-20(21)22)19(25)23-12-14-9-10-24(13-14)16-5-3-2-4-6-16/h2-8,11,14,20H,9-10,12-13H2,1H3,(H,23,25). The lowest BCUT2D eigenvalue weighted by molar-refractivity contribution is -0.0512. The van der Waals surface area contributed by atoms with Crippen LogP contribution in [0.4, 0.5) is 14.5 Å². The number of hydrogen-bond acceptors (Lipinski definition) is 4. The van der Waals surface area contributed by atoms with Gasteiger partial charge in [0.15, 0.2) is 11.5 Å². The van der Waals surface area contributed by atoms with Gasteiger partial charge in [-0.25, -0.2) is 0 Å². The molecule has 7 heteroatoms. The SMILES string of the molecule is COc1cc(C(=O)NCC2CCN(c3ccccc3)C2)ccc1OC(F)F. The second-order valence-corrected chi connectivity index (χ2v) is 6.39. The molecular weight excluding hydrogens is 354 g/mol. The van der Waals surface area contributed by atoms with Gasteiger partial charge in [0.1, 0.15) is 0 Å². The maximum atomic E-state index is 12.4. The van der Waals surface area contributed by atoms with Crippen molar-refractivity contribution in [3.05, 3.63) is 54.1 Å². The molecular formula is C20H22F2N2O3. The summed E-state index contributed by atoms with van der Waals surface area (Å²) in [6.45, 7) is -0.555. The number of alkyl halides is 2.